The third kappa shape index (κ3) is 3.47. The molecular formula is C19H22N4O2. The Morgan fingerprint density at radius 1 is 1.32 bits per heavy atom. The van der Waals surface area contributed by atoms with Crippen molar-refractivity contribution >= 4 is 23.2 Å². The van der Waals surface area contributed by atoms with Gasteiger partial charge in [0.05, 0.1) is 17.4 Å². The van der Waals surface area contributed by atoms with Gasteiger partial charge in [0.1, 0.15) is 0 Å². The summed E-state index contributed by atoms with van der Waals surface area (Å²) in [7, 11) is 1.66. The van der Waals surface area contributed by atoms with Crippen molar-refractivity contribution in [1.82, 2.24) is 9.78 Å². The zero-order valence-corrected chi connectivity index (χ0v) is 14.5. The Labute approximate surface area is 147 Å². The van der Waals surface area contributed by atoms with Crippen LogP contribution in [-0.2, 0) is 4.79 Å². The summed E-state index contributed by atoms with van der Waals surface area (Å²) in [5.41, 5.74) is 2.78. The number of amides is 2. The predicted octanol–water partition coefficient (Wildman–Crippen LogP) is 3.32. The first-order valence-electron chi connectivity index (χ1n) is 8.37. The summed E-state index contributed by atoms with van der Waals surface area (Å²) < 4.78 is 1.95. The summed E-state index contributed by atoms with van der Waals surface area (Å²) in [4.78, 5) is 25.5. The van der Waals surface area contributed by atoms with Crippen molar-refractivity contribution in [2.75, 3.05) is 17.3 Å². The van der Waals surface area contributed by atoms with E-state index in [1.165, 1.54) is 17.4 Å². The lowest BCUT2D eigenvalue weighted by Crippen LogP contribution is -2.23. The van der Waals surface area contributed by atoms with Crippen LogP contribution in [0.1, 0.15) is 41.4 Å². The largest absolute Gasteiger partial charge is 0.319 e. The zero-order chi connectivity index (χ0) is 18.0. The molecule has 25 heavy (non-hydrogen) atoms. The van der Waals surface area contributed by atoms with Crippen LogP contribution in [0.15, 0.2) is 43.1 Å². The highest BCUT2D eigenvalue weighted by atomic mass is 16.2. The molecule has 0 bridgehead atoms. The van der Waals surface area contributed by atoms with Crippen LogP contribution in [0.3, 0.4) is 0 Å². The Hall–Kier alpha value is -2.89. The van der Waals surface area contributed by atoms with Crippen LogP contribution in [-0.4, -0.2) is 28.6 Å². The van der Waals surface area contributed by atoms with E-state index in [1.807, 2.05) is 17.8 Å². The van der Waals surface area contributed by atoms with Gasteiger partial charge in [0.15, 0.2) is 0 Å². The fourth-order valence-corrected chi connectivity index (χ4v) is 2.74. The number of nitrogens with zero attached hydrogens (tertiary/aromatic N) is 3. The molecule has 1 N–H and O–H groups in total. The molecule has 1 aromatic heterocycles. The van der Waals surface area contributed by atoms with Gasteiger partial charge in [-0.2, -0.15) is 5.10 Å². The molecule has 3 rings (SSSR count). The van der Waals surface area contributed by atoms with E-state index >= 15 is 0 Å². The van der Waals surface area contributed by atoms with Gasteiger partial charge in [0.2, 0.25) is 5.91 Å². The third-order valence-electron chi connectivity index (χ3n) is 4.64. The lowest BCUT2D eigenvalue weighted by atomic mass is 9.93. The lowest BCUT2D eigenvalue weighted by Gasteiger charge is -2.25. The SMILES string of the molecule is C=CC(=O)N(C)c1ccc(C(=O)Nc2cn(C3CCC3)nc2C)cc1. The fraction of sp³-hybridized carbons (Fsp3) is 0.316. The van der Waals surface area contributed by atoms with E-state index in [0.29, 0.717) is 17.3 Å². The van der Waals surface area contributed by atoms with Gasteiger partial charge in [-0.25, -0.2) is 0 Å². The Kier molecular flexibility index (Phi) is 4.70. The van der Waals surface area contributed by atoms with Crippen LogP contribution >= 0.6 is 0 Å². The summed E-state index contributed by atoms with van der Waals surface area (Å²) in [6, 6.07) is 7.33. The second-order valence-electron chi connectivity index (χ2n) is 6.30. The number of carbonyl (C=O) groups is 2. The standard InChI is InChI=1S/C19H22N4O2/c1-4-18(24)22(3)15-10-8-14(9-11-15)19(25)20-17-12-23(21-13(17)2)16-6-5-7-16/h4,8-12,16H,1,5-7H2,2-3H3,(H,20,25). The molecule has 130 valence electrons. The van der Waals surface area contributed by atoms with Gasteiger partial charge in [0.25, 0.3) is 5.91 Å². The summed E-state index contributed by atoms with van der Waals surface area (Å²) in [6.07, 6.45) is 6.69. The van der Waals surface area contributed by atoms with Crippen molar-refractivity contribution in [3.05, 3.63) is 54.4 Å². The van der Waals surface area contributed by atoms with Gasteiger partial charge < -0.3 is 10.2 Å². The van der Waals surface area contributed by atoms with Gasteiger partial charge in [-0.15, -0.1) is 0 Å². The molecule has 1 saturated carbocycles. The Balaban J connectivity index is 1.70. The van der Waals surface area contributed by atoms with Crippen molar-refractivity contribution in [1.29, 1.82) is 0 Å². The molecule has 6 heteroatoms. The predicted molar refractivity (Wildman–Crippen MR) is 97.9 cm³/mol. The van der Waals surface area contributed by atoms with Gasteiger partial charge in [-0.1, -0.05) is 6.58 Å². The first-order chi connectivity index (χ1) is 12.0. The minimum absolute atomic E-state index is 0.194. The van der Waals surface area contributed by atoms with Gasteiger partial charge in [0, 0.05) is 24.5 Å². The highest BCUT2D eigenvalue weighted by Crippen LogP contribution is 2.32. The number of hydrogen-bond donors (Lipinski definition) is 1. The van der Waals surface area contributed by atoms with E-state index in [2.05, 4.69) is 17.0 Å². The average Bonchev–Trinajstić information content (AvgIpc) is 2.91. The lowest BCUT2D eigenvalue weighted by molar-refractivity contribution is -0.113. The summed E-state index contributed by atoms with van der Waals surface area (Å²) in [5.74, 6) is -0.392. The van der Waals surface area contributed by atoms with E-state index < -0.39 is 0 Å². The number of nitrogens with one attached hydrogen (secondary N) is 1. The molecule has 0 unspecified atom stereocenters. The van der Waals surface area contributed by atoms with Crippen molar-refractivity contribution in [2.45, 2.75) is 32.2 Å². The Morgan fingerprint density at radius 2 is 2.00 bits per heavy atom. The van der Waals surface area contributed by atoms with E-state index in [1.54, 1.807) is 31.3 Å². The number of likely N-dealkylation sites (N-methyl/N-ethyl adjacent to an activating group) is 1. The minimum Gasteiger partial charge on any atom is -0.319 e. The normalized spacial score (nSPS) is 13.8. The topological polar surface area (TPSA) is 67.2 Å². The summed E-state index contributed by atoms with van der Waals surface area (Å²) in [6.45, 7) is 5.36. The molecule has 1 aromatic carbocycles. The fourth-order valence-electron chi connectivity index (χ4n) is 2.74. The maximum Gasteiger partial charge on any atom is 0.255 e. The first-order valence-corrected chi connectivity index (χ1v) is 8.37. The van der Waals surface area contributed by atoms with Crippen molar-refractivity contribution in [3.8, 4) is 0 Å². The molecule has 6 nitrogen and oxygen atoms in total. The number of hydrogen-bond acceptors (Lipinski definition) is 3. The van der Waals surface area contributed by atoms with Gasteiger partial charge in [-0.3, -0.25) is 14.3 Å². The van der Waals surface area contributed by atoms with Crippen LogP contribution in [0.25, 0.3) is 0 Å². The van der Waals surface area contributed by atoms with E-state index in [9.17, 15) is 9.59 Å². The maximum atomic E-state index is 12.5. The molecule has 0 aliphatic heterocycles. The molecule has 1 aliphatic rings. The average molecular weight is 338 g/mol. The monoisotopic (exact) mass is 338 g/mol. The van der Waals surface area contributed by atoms with Crippen molar-refractivity contribution in [2.24, 2.45) is 0 Å². The van der Waals surface area contributed by atoms with Crippen LogP contribution < -0.4 is 10.2 Å². The third-order valence-corrected chi connectivity index (χ3v) is 4.64. The maximum absolute atomic E-state index is 12.5. The highest BCUT2D eigenvalue weighted by molar-refractivity contribution is 6.05. The molecule has 0 saturated heterocycles. The molecular weight excluding hydrogens is 316 g/mol. The number of carbonyl (C=O) groups excluding carboxylic acids is 2. The number of aryl methyl sites for hydroxylation is 1. The number of aromatic nitrogens is 2. The van der Waals surface area contributed by atoms with E-state index in [0.717, 1.165) is 24.2 Å². The quantitative estimate of drug-likeness (QED) is 0.851. The minimum atomic E-state index is -0.198. The number of benzene rings is 1. The second kappa shape index (κ2) is 6.93. The van der Waals surface area contributed by atoms with Crippen LogP contribution in [0.4, 0.5) is 11.4 Å². The molecule has 0 atom stereocenters. The van der Waals surface area contributed by atoms with Crippen LogP contribution in [0.5, 0.6) is 0 Å². The number of rotatable bonds is 5. The molecule has 1 heterocycles. The van der Waals surface area contributed by atoms with Crippen LogP contribution in [0, 0.1) is 6.92 Å². The van der Waals surface area contributed by atoms with Crippen LogP contribution in [0.2, 0.25) is 0 Å². The molecule has 1 aliphatic carbocycles. The molecule has 1 fully saturated rings. The summed E-state index contributed by atoms with van der Waals surface area (Å²) in [5, 5.41) is 7.41. The molecule has 0 radical (unpaired) electrons. The Morgan fingerprint density at radius 3 is 2.56 bits per heavy atom. The van der Waals surface area contributed by atoms with Crippen molar-refractivity contribution < 1.29 is 9.59 Å². The second-order valence-corrected chi connectivity index (χ2v) is 6.30. The van der Waals surface area contributed by atoms with E-state index in [4.69, 9.17) is 0 Å². The first kappa shape index (κ1) is 17.0. The van der Waals surface area contributed by atoms with Gasteiger partial charge >= 0.3 is 0 Å². The zero-order valence-electron chi connectivity index (χ0n) is 14.5. The molecule has 0 spiro atoms. The smallest absolute Gasteiger partial charge is 0.255 e. The molecule has 2 amide bonds. The van der Waals surface area contributed by atoms with Crippen molar-refractivity contribution in [3.63, 3.8) is 0 Å². The summed E-state index contributed by atoms with van der Waals surface area (Å²) >= 11 is 0. The Bertz CT molecular complexity index is 803. The van der Waals surface area contributed by atoms with E-state index in [-0.39, 0.29) is 11.8 Å². The highest BCUT2D eigenvalue weighted by Gasteiger charge is 2.21. The molecule has 2 aromatic rings. The number of anilines is 2. The van der Waals surface area contributed by atoms with Gasteiger partial charge in [-0.05, 0) is 56.5 Å².